The first kappa shape index (κ1) is 18.4. The van der Waals surface area contributed by atoms with Gasteiger partial charge in [-0.3, -0.25) is 9.69 Å². The number of benzene rings is 2. The lowest BCUT2D eigenvalue weighted by Gasteiger charge is -2.32. The van der Waals surface area contributed by atoms with Gasteiger partial charge in [-0.15, -0.1) is 0 Å². The predicted octanol–water partition coefficient (Wildman–Crippen LogP) is 5.48. The summed E-state index contributed by atoms with van der Waals surface area (Å²) in [6.45, 7) is 7.33. The Morgan fingerprint density at radius 2 is 2.00 bits per heavy atom. The van der Waals surface area contributed by atoms with Gasteiger partial charge in [0.2, 0.25) is 5.78 Å². The van der Waals surface area contributed by atoms with Gasteiger partial charge in [0.1, 0.15) is 18.2 Å². The van der Waals surface area contributed by atoms with Crippen LogP contribution in [0.4, 0.5) is 0 Å². The van der Waals surface area contributed by atoms with Crippen molar-refractivity contribution in [3.63, 3.8) is 0 Å². The Hall–Kier alpha value is -2.01. The maximum Gasteiger partial charge on any atom is 0.232 e. The third-order valence-corrected chi connectivity index (χ3v) is 5.49. The number of rotatable bonds is 2. The quantitative estimate of drug-likeness (QED) is 0.622. The Morgan fingerprint density at radius 1 is 1.22 bits per heavy atom. The van der Waals surface area contributed by atoms with E-state index < -0.39 is 0 Å². The van der Waals surface area contributed by atoms with Gasteiger partial charge in [-0.1, -0.05) is 29.3 Å². The first-order chi connectivity index (χ1) is 12.8. The molecule has 4 nitrogen and oxygen atoms in total. The van der Waals surface area contributed by atoms with Crippen LogP contribution in [-0.2, 0) is 6.54 Å². The molecule has 0 fully saturated rings. The van der Waals surface area contributed by atoms with E-state index in [1.165, 1.54) is 0 Å². The molecule has 0 unspecified atom stereocenters. The molecule has 2 aliphatic rings. The van der Waals surface area contributed by atoms with E-state index in [2.05, 4.69) is 18.7 Å². The lowest BCUT2D eigenvalue weighted by Crippen LogP contribution is -2.37. The molecule has 0 spiro atoms. The molecule has 4 rings (SSSR count). The lowest BCUT2D eigenvalue weighted by atomic mass is 9.98. The van der Waals surface area contributed by atoms with E-state index in [1.54, 1.807) is 24.3 Å². The van der Waals surface area contributed by atoms with Crippen molar-refractivity contribution in [1.29, 1.82) is 0 Å². The molecule has 2 aromatic carbocycles. The Balaban J connectivity index is 1.77. The maximum atomic E-state index is 13.0. The zero-order valence-corrected chi connectivity index (χ0v) is 16.8. The zero-order valence-electron chi connectivity index (χ0n) is 15.3. The average molecular weight is 404 g/mol. The Bertz CT molecular complexity index is 982. The van der Waals surface area contributed by atoms with Crippen LogP contribution in [0.25, 0.3) is 6.08 Å². The number of fused-ring (bicyclic) bond motifs is 3. The smallest absolute Gasteiger partial charge is 0.232 e. The Morgan fingerprint density at radius 3 is 2.70 bits per heavy atom. The molecule has 0 aromatic heterocycles. The average Bonchev–Trinajstić information content (AvgIpc) is 2.94. The summed E-state index contributed by atoms with van der Waals surface area (Å²) in [5.41, 5.74) is 3.04. The van der Waals surface area contributed by atoms with Gasteiger partial charge in [-0.25, -0.2) is 0 Å². The molecule has 0 radical (unpaired) electrons. The van der Waals surface area contributed by atoms with Gasteiger partial charge in [0.05, 0.1) is 11.1 Å². The fourth-order valence-electron chi connectivity index (χ4n) is 3.34. The van der Waals surface area contributed by atoms with Crippen molar-refractivity contribution in [1.82, 2.24) is 4.90 Å². The number of Topliss-reactive ketones (excluding diaryl/α,β-unsaturated/α-hetero) is 1. The molecule has 6 heteroatoms. The monoisotopic (exact) mass is 403 g/mol. The van der Waals surface area contributed by atoms with Crippen LogP contribution in [0.2, 0.25) is 10.0 Å². The second-order valence-corrected chi connectivity index (χ2v) is 7.94. The zero-order chi connectivity index (χ0) is 19.3. The fraction of sp³-hybridized carbons (Fsp3) is 0.286. The van der Waals surface area contributed by atoms with Crippen LogP contribution in [0.1, 0.15) is 40.9 Å². The van der Waals surface area contributed by atoms with Gasteiger partial charge < -0.3 is 9.47 Å². The molecule has 2 aliphatic heterocycles. The van der Waals surface area contributed by atoms with E-state index in [-0.39, 0.29) is 11.5 Å². The van der Waals surface area contributed by atoms with Gasteiger partial charge in [0.15, 0.2) is 5.76 Å². The van der Waals surface area contributed by atoms with Gasteiger partial charge in [-0.2, -0.15) is 0 Å². The third-order valence-electron chi connectivity index (χ3n) is 4.93. The van der Waals surface area contributed by atoms with E-state index >= 15 is 0 Å². The summed E-state index contributed by atoms with van der Waals surface area (Å²) in [4.78, 5) is 15.2. The van der Waals surface area contributed by atoms with Crippen molar-refractivity contribution in [3.8, 4) is 11.5 Å². The van der Waals surface area contributed by atoms with Crippen molar-refractivity contribution >= 4 is 35.1 Å². The van der Waals surface area contributed by atoms with Gasteiger partial charge in [-0.05, 0) is 56.2 Å². The van der Waals surface area contributed by atoms with Gasteiger partial charge in [0, 0.05) is 22.6 Å². The number of aryl methyl sites for hydroxylation is 1. The number of hydrogen-bond donors (Lipinski definition) is 0. The summed E-state index contributed by atoms with van der Waals surface area (Å²) in [7, 11) is 0. The summed E-state index contributed by atoms with van der Waals surface area (Å²) in [6.07, 6.45) is 1.66. The summed E-state index contributed by atoms with van der Waals surface area (Å²) in [6, 6.07) is 7.39. The lowest BCUT2D eigenvalue weighted by molar-refractivity contribution is 0.0673. The highest BCUT2D eigenvalue weighted by atomic mass is 35.5. The molecule has 0 bridgehead atoms. The highest BCUT2D eigenvalue weighted by Gasteiger charge is 2.35. The molecule has 0 saturated carbocycles. The van der Waals surface area contributed by atoms with E-state index in [1.807, 2.05) is 13.0 Å². The molecule has 0 atom stereocenters. The first-order valence-corrected chi connectivity index (χ1v) is 9.53. The van der Waals surface area contributed by atoms with Crippen LogP contribution in [0.3, 0.4) is 0 Å². The molecule has 0 aliphatic carbocycles. The summed E-state index contributed by atoms with van der Waals surface area (Å²) in [5.74, 6) is 1.49. The SMILES string of the molecule is Cc1cc2c(c3c1C(=O)/C(=C/c1ccc(Cl)cc1Cl)O3)CN(C(C)C)CO2. The van der Waals surface area contributed by atoms with E-state index in [0.717, 1.165) is 16.9 Å². The molecule has 140 valence electrons. The van der Waals surface area contributed by atoms with Crippen LogP contribution < -0.4 is 9.47 Å². The van der Waals surface area contributed by atoms with E-state index in [4.69, 9.17) is 32.7 Å². The molecular weight excluding hydrogens is 385 g/mol. The Labute approximate surface area is 168 Å². The van der Waals surface area contributed by atoms with Crippen molar-refractivity contribution in [2.45, 2.75) is 33.4 Å². The summed E-state index contributed by atoms with van der Waals surface area (Å²) >= 11 is 12.2. The number of halogens is 2. The first-order valence-electron chi connectivity index (χ1n) is 8.77. The van der Waals surface area contributed by atoms with E-state index in [0.29, 0.717) is 46.2 Å². The van der Waals surface area contributed by atoms with Gasteiger partial charge >= 0.3 is 0 Å². The number of carbonyl (C=O) groups excluding carboxylic acids is 1. The van der Waals surface area contributed by atoms with Crippen molar-refractivity contribution in [2.75, 3.05) is 6.73 Å². The molecule has 2 aromatic rings. The van der Waals surface area contributed by atoms with Crippen LogP contribution >= 0.6 is 23.2 Å². The second kappa shape index (κ2) is 6.86. The number of hydrogen-bond acceptors (Lipinski definition) is 4. The fourth-order valence-corrected chi connectivity index (χ4v) is 3.80. The van der Waals surface area contributed by atoms with Crippen LogP contribution in [0.15, 0.2) is 30.0 Å². The summed E-state index contributed by atoms with van der Waals surface area (Å²) in [5, 5.41) is 1.01. The van der Waals surface area contributed by atoms with Crippen molar-refractivity contribution in [3.05, 3.63) is 62.3 Å². The molecule has 27 heavy (non-hydrogen) atoms. The normalized spacial score (nSPS) is 17.7. The maximum absolute atomic E-state index is 13.0. The van der Waals surface area contributed by atoms with Crippen LogP contribution in [-0.4, -0.2) is 23.5 Å². The summed E-state index contributed by atoms with van der Waals surface area (Å²) < 4.78 is 11.9. The minimum Gasteiger partial charge on any atom is -0.478 e. The number of nitrogens with zero attached hydrogens (tertiary/aromatic N) is 1. The minimum absolute atomic E-state index is 0.141. The predicted molar refractivity (Wildman–Crippen MR) is 107 cm³/mol. The van der Waals surface area contributed by atoms with Gasteiger partial charge in [0.25, 0.3) is 0 Å². The molecule has 2 heterocycles. The largest absolute Gasteiger partial charge is 0.478 e. The van der Waals surface area contributed by atoms with Crippen molar-refractivity contribution < 1.29 is 14.3 Å². The molecular formula is C21H19Cl2NO3. The number of carbonyl (C=O) groups is 1. The minimum atomic E-state index is -0.141. The second-order valence-electron chi connectivity index (χ2n) is 7.09. The molecule has 0 saturated heterocycles. The number of allylic oxidation sites excluding steroid dienone is 1. The number of ketones is 1. The van der Waals surface area contributed by atoms with Crippen molar-refractivity contribution in [2.24, 2.45) is 0 Å². The highest BCUT2D eigenvalue weighted by Crippen LogP contribution is 2.44. The standard InChI is InChI=1S/C21H19Cl2NO3/c1-11(2)24-9-15-17(26-10-24)6-12(3)19-20(25)18(27-21(15)19)7-13-4-5-14(22)8-16(13)23/h4-8,11H,9-10H2,1-3H3/b18-7-. The molecule has 0 N–H and O–H groups in total. The van der Waals surface area contributed by atoms with Crippen LogP contribution in [0, 0.1) is 6.92 Å². The third kappa shape index (κ3) is 3.22. The van der Waals surface area contributed by atoms with E-state index in [9.17, 15) is 4.79 Å². The van der Waals surface area contributed by atoms with Crippen LogP contribution in [0.5, 0.6) is 11.5 Å². The number of ether oxygens (including phenoxy) is 2. The Kier molecular flexibility index (Phi) is 4.66. The topological polar surface area (TPSA) is 38.8 Å². The molecule has 0 amide bonds. The highest BCUT2D eigenvalue weighted by molar-refractivity contribution is 6.35.